The quantitative estimate of drug-likeness (QED) is 0.767. The molecule has 0 saturated heterocycles. The second kappa shape index (κ2) is 6.21. The lowest BCUT2D eigenvalue weighted by Crippen LogP contribution is -2.35. The first-order valence-corrected chi connectivity index (χ1v) is 5.82. The highest BCUT2D eigenvalue weighted by molar-refractivity contribution is 5.94. The van der Waals surface area contributed by atoms with Crippen LogP contribution in [-0.4, -0.2) is 11.9 Å². The summed E-state index contributed by atoms with van der Waals surface area (Å²) in [4.78, 5) is 11.7. The van der Waals surface area contributed by atoms with Crippen molar-refractivity contribution < 1.29 is 4.79 Å². The van der Waals surface area contributed by atoms with E-state index in [0.717, 1.165) is 5.69 Å². The summed E-state index contributed by atoms with van der Waals surface area (Å²) in [6, 6.07) is 7.29. The van der Waals surface area contributed by atoms with Crippen LogP contribution < -0.4 is 11.1 Å². The number of rotatable bonds is 5. The zero-order valence-corrected chi connectivity index (χ0v) is 10.4. The molecule has 0 radical (unpaired) electrons. The minimum Gasteiger partial charge on any atom is -0.325 e. The van der Waals surface area contributed by atoms with Gasteiger partial charge in [0.25, 0.3) is 0 Å². The van der Waals surface area contributed by atoms with E-state index < -0.39 is 6.04 Å². The first-order chi connectivity index (χ1) is 8.04. The molecule has 0 fully saturated rings. The largest absolute Gasteiger partial charge is 0.325 e. The van der Waals surface area contributed by atoms with Gasteiger partial charge in [0, 0.05) is 5.69 Å². The summed E-state index contributed by atoms with van der Waals surface area (Å²) < 4.78 is 0. The molecule has 1 unspecified atom stereocenters. The molecule has 0 spiro atoms. The Balaban J connectivity index is 2.71. The Morgan fingerprint density at radius 2 is 2.24 bits per heavy atom. The molecule has 1 rings (SSSR count). The third-order valence-electron chi connectivity index (χ3n) is 2.58. The fraction of sp³-hybridized carbons (Fsp3) is 0.357. The fourth-order valence-electron chi connectivity index (χ4n) is 1.50. The minimum absolute atomic E-state index is 0.175. The topological polar surface area (TPSA) is 55.1 Å². The molecule has 92 valence electrons. The van der Waals surface area contributed by atoms with E-state index in [0.29, 0.717) is 12.3 Å². The Labute approximate surface area is 103 Å². The molecule has 0 bridgehead atoms. The van der Waals surface area contributed by atoms with Crippen LogP contribution in [0.25, 0.3) is 0 Å². The fourth-order valence-corrected chi connectivity index (χ4v) is 1.50. The van der Waals surface area contributed by atoms with Crippen molar-refractivity contribution in [1.29, 1.82) is 0 Å². The van der Waals surface area contributed by atoms with Crippen LogP contribution in [0.2, 0.25) is 0 Å². The number of carbonyl (C=O) groups is 1. The van der Waals surface area contributed by atoms with Gasteiger partial charge in [-0.15, -0.1) is 6.58 Å². The highest BCUT2D eigenvalue weighted by atomic mass is 16.2. The van der Waals surface area contributed by atoms with Gasteiger partial charge in [0.05, 0.1) is 6.04 Å². The van der Waals surface area contributed by atoms with E-state index in [-0.39, 0.29) is 5.91 Å². The Morgan fingerprint density at radius 3 is 2.82 bits per heavy atom. The third kappa shape index (κ3) is 4.04. The standard InChI is InChI=1S/C14H20N2O/c1-4-6-13(15)14(17)16-12-8-5-7-11(9-12)10(2)3/h4-5,7-10,13H,1,6,15H2,2-3H3,(H,16,17). The Morgan fingerprint density at radius 1 is 1.53 bits per heavy atom. The summed E-state index contributed by atoms with van der Waals surface area (Å²) in [7, 11) is 0. The molecule has 0 aliphatic heterocycles. The number of hydrogen-bond donors (Lipinski definition) is 2. The van der Waals surface area contributed by atoms with E-state index in [9.17, 15) is 4.79 Å². The molecule has 1 aromatic carbocycles. The van der Waals surface area contributed by atoms with Crippen molar-refractivity contribution in [3.8, 4) is 0 Å². The van der Waals surface area contributed by atoms with E-state index in [1.54, 1.807) is 6.08 Å². The minimum atomic E-state index is -0.532. The van der Waals surface area contributed by atoms with E-state index in [2.05, 4.69) is 25.7 Å². The van der Waals surface area contributed by atoms with Crippen molar-refractivity contribution in [3.63, 3.8) is 0 Å². The lowest BCUT2D eigenvalue weighted by molar-refractivity contribution is -0.117. The molecule has 17 heavy (non-hydrogen) atoms. The van der Waals surface area contributed by atoms with Gasteiger partial charge in [-0.3, -0.25) is 4.79 Å². The molecule has 0 aliphatic rings. The maximum Gasteiger partial charge on any atom is 0.241 e. The number of nitrogens with one attached hydrogen (secondary N) is 1. The van der Waals surface area contributed by atoms with E-state index >= 15 is 0 Å². The molecular formula is C14H20N2O. The highest BCUT2D eigenvalue weighted by Crippen LogP contribution is 2.18. The van der Waals surface area contributed by atoms with E-state index in [4.69, 9.17) is 5.73 Å². The second-order valence-electron chi connectivity index (χ2n) is 4.40. The third-order valence-corrected chi connectivity index (χ3v) is 2.58. The summed E-state index contributed by atoms with van der Waals surface area (Å²) in [6.45, 7) is 7.80. The molecular weight excluding hydrogens is 212 g/mol. The number of nitrogens with two attached hydrogens (primary N) is 1. The predicted molar refractivity (Wildman–Crippen MR) is 72.0 cm³/mol. The van der Waals surface area contributed by atoms with Gasteiger partial charge in [-0.25, -0.2) is 0 Å². The maximum atomic E-state index is 11.7. The molecule has 3 N–H and O–H groups in total. The first kappa shape index (κ1) is 13.5. The lowest BCUT2D eigenvalue weighted by atomic mass is 10.0. The Hall–Kier alpha value is -1.61. The number of benzene rings is 1. The number of anilines is 1. The summed E-state index contributed by atoms with van der Waals surface area (Å²) >= 11 is 0. The first-order valence-electron chi connectivity index (χ1n) is 5.82. The van der Waals surface area contributed by atoms with Crippen LogP contribution >= 0.6 is 0 Å². The maximum absolute atomic E-state index is 11.7. The van der Waals surface area contributed by atoms with Crippen molar-refractivity contribution in [2.75, 3.05) is 5.32 Å². The molecule has 0 aliphatic carbocycles. The summed E-state index contributed by atoms with van der Waals surface area (Å²) in [5.41, 5.74) is 7.68. The van der Waals surface area contributed by atoms with Gasteiger partial charge in [-0.1, -0.05) is 32.1 Å². The molecule has 0 heterocycles. The van der Waals surface area contributed by atoms with Crippen LogP contribution in [0.1, 0.15) is 31.7 Å². The van der Waals surface area contributed by atoms with Crippen molar-refractivity contribution in [2.24, 2.45) is 5.73 Å². The highest BCUT2D eigenvalue weighted by Gasteiger charge is 2.11. The SMILES string of the molecule is C=CCC(N)C(=O)Nc1cccc(C(C)C)c1. The van der Waals surface area contributed by atoms with Crippen LogP contribution in [0.5, 0.6) is 0 Å². The normalized spacial score (nSPS) is 12.2. The van der Waals surface area contributed by atoms with Crippen molar-refractivity contribution in [3.05, 3.63) is 42.5 Å². The summed E-state index contributed by atoms with van der Waals surface area (Å²) in [5.74, 6) is 0.263. The van der Waals surface area contributed by atoms with Gasteiger partial charge in [-0.05, 0) is 30.0 Å². The van der Waals surface area contributed by atoms with E-state index in [1.807, 2.05) is 24.3 Å². The van der Waals surface area contributed by atoms with Gasteiger partial charge in [0.15, 0.2) is 0 Å². The average molecular weight is 232 g/mol. The molecule has 3 heteroatoms. The number of amides is 1. The monoisotopic (exact) mass is 232 g/mol. The zero-order valence-electron chi connectivity index (χ0n) is 10.4. The van der Waals surface area contributed by atoms with Crippen LogP contribution in [0.4, 0.5) is 5.69 Å². The molecule has 1 aromatic rings. The van der Waals surface area contributed by atoms with Gasteiger partial charge >= 0.3 is 0 Å². The number of hydrogen-bond acceptors (Lipinski definition) is 2. The Kier molecular flexibility index (Phi) is 4.91. The van der Waals surface area contributed by atoms with Gasteiger partial charge in [-0.2, -0.15) is 0 Å². The smallest absolute Gasteiger partial charge is 0.241 e. The molecule has 0 aromatic heterocycles. The number of carbonyl (C=O) groups excluding carboxylic acids is 1. The van der Waals surface area contributed by atoms with Gasteiger partial charge < -0.3 is 11.1 Å². The van der Waals surface area contributed by atoms with Crippen LogP contribution in [0.3, 0.4) is 0 Å². The van der Waals surface area contributed by atoms with Crippen LogP contribution in [0, 0.1) is 0 Å². The Bertz CT molecular complexity index is 399. The molecule has 1 amide bonds. The second-order valence-corrected chi connectivity index (χ2v) is 4.40. The van der Waals surface area contributed by atoms with Crippen molar-refractivity contribution >= 4 is 11.6 Å². The van der Waals surface area contributed by atoms with Gasteiger partial charge in [0.2, 0.25) is 5.91 Å². The van der Waals surface area contributed by atoms with E-state index in [1.165, 1.54) is 5.56 Å². The van der Waals surface area contributed by atoms with Gasteiger partial charge in [0.1, 0.15) is 0 Å². The zero-order chi connectivity index (χ0) is 12.8. The van der Waals surface area contributed by atoms with Crippen LogP contribution in [-0.2, 0) is 4.79 Å². The average Bonchev–Trinajstić information content (AvgIpc) is 2.29. The lowest BCUT2D eigenvalue weighted by Gasteiger charge is -2.12. The molecule has 3 nitrogen and oxygen atoms in total. The van der Waals surface area contributed by atoms with Crippen molar-refractivity contribution in [2.45, 2.75) is 32.2 Å². The van der Waals surface area contributed by atoms with Crippen LogP contribution in [0.15, 0.2) is 36.9 Å². The molecule has 0 saturated carbocycles. The predicted octanol–water partition coefficient (Wildman–Crippen LogP) is 2.65. The van der Waals surface area contributed by atoms with Crippen molar-refractivity contribution in [1.82, 2.24) is 0 Å². The summed E-state index contributed by atoms with van der Waals surface area (Å²) in [5, 5.41) is 2.81. The summed E-state index contributed by atoms with van der Waals surface area (Å²) in [6.07, 6.45) is 2.13. The molecule has 1 atom stereocenters.